The number of nitrogens with one attached hydrogen (secondary N) is 1. The van der Waals surface area contributed by atoms with Crippen LogP contribution >= 0.6 is 0 Å². The first-order chi connectivity index (χ1) is 9.34. The van der Waals surface area contributed by atoms with Crippen molar-refractivity contribution in [2.75, 3.05) is 7.05 Å². The number of hydrogen-bond donors (Lipinski definition) is 1. The highest BCUT2D eigenvalue weighted by Gasteiger charge is 2.30. The molecule has 0 bridgehead atoms. The Hall–Kier alpha value is -1.89. The number of pyridine rings is 1. The molecule has 2 rings (SSSR count). The Morgan fingerprint density at radius 1 is 1.25 bits per heavy atom. The van der Waals surface area contributed by atoms with Gasteiger partial charge in [0.05, 0.1) is 11.8 Å². The van der Waals surface area contributed by atoms with Crippen molar-refractivity contribution in [2.45, 2.75) is 26.1 Å². The average molecular weight is 284 g/mol. The Bertz CT molecular complexity index is 587. The molecule has 0 spiro atoms. The minimum atomic E-state index is -4.38. The Morgan fingerprint density at radius 2 is 1.95 bits per heavy atom. The van der Waals surface area contributed by atoms with Gasteiger partial charge in [-0.2, -0.15) is 18.3 Å². The Labute approximate surface area is 114 Å². The fourth-order valence-corrected chi connectivity index (χ4v) is 1.91. The molecule has 108 valence electrons. The molecule has 20 heavy (non-hydrogen) atoms. The fraction of sp³-hybridized carbons (Fsp3) is 0.385. The van der Waals surface area contributed by atoms with Crippen molar-refractivity contribution < 1.29 is 13.2 Å². The van der Waals surface area contributed by atoms with Gasteiger partial charge in [-0.05, 0) is 33.0 Å². The van der Waals surface area contributed by atoms with Crippen LogP contribution in [0.2, 0.25) is 0 Å². The van der Waals surface area contributed by atoms with Gasteiger partial charge in [-0.15, -0.1) is 0 Å². The molecule has 1 N–H and O–H groups in total. The average Bonchev–Trinajstić information content (AvgIpc) is 2.79. The summed E-state index contributed by atoms with van der Waals surface area (Å²) in [4.78, 5) is 3.83. The summed E-state index contributed by atoms with van der Waals surface area (Å²) >= 11 is 0. The maximum atomic E-state index is 12.5. The molecule has 4 nitrogen and oxygen atoms in total. The van der Waals surface area contributed by atoms with Crippen molar-refractivity contribution in [1.82, 2.24) is 20.1 Å². The van der Waals surface area contributed by atoms with E-state index < -0.39 is 11.7 Å². The highest BCUT2D eigenvalue weighted by molar-refractivity contribution is 5.31. The zero-order chi connectivity index (χ0) is 14.9. The number of hydrogen-bond acceptors (Lipinski definition) is 3. The Balaban J connectivity index is 2.36. The van der Waals surface area contributed by atoms with Gasteiger partial charge in [0.15, 0.2) is 5.82 Å². The van der Waals surface area contributed by atoms with Gasteiger partial charge >= 0.3 is 6.18 Å². The van der Waals surface area contributed by atoms with Gasteiger partial charge in [0.2, 0.25) is 0 Å². The normalized spacial score (nSPS) is 13.5. The van der Waals surface area contributed by atoms with Crippen LogP contribution in [-0.4, -0.2) is 21.8 Å². The number of rotatable bonds is 3. The topological polar surface area (TPSA) is 42.7 Å². The van der Waals surface area contributed by atoms with Crippen LogP contribution in [0, 0.1) is 6.92 Å². The lowest BCUT2D eigenvalue weighted by molar-refractivity contribution is -0.137. The van der Waals surface area contributed by atoms with Crippen LogP contribution in [0.25, 0.3) is 5.82 Å². The van der Waals surface area contributed by atoms with E-state index in [1.54, 1.807) is 6.20 Å². The number of halogens is 3. The number of aromatic nitrogens is 3. The molecule has 0 aliphatic heterocycles. The second-order valence-electron chi connectivity index (χ2n) is 4.51. The molecule has 1 unspecified atom stereocenters. The summed E-state index contributed by atoms with van der Waals surface area (Å²) in [6.45, 7) is 3.84. The molecule has 0 fully saturated rings. The smallest absolute Gasteiger partial charge is 0.313 e. The van der Waals surface area contributed by atoms with E-state index in [4.69, 9.17) is 0 Å². The van der Waals surface area contributed by atoms with E-state index in [1.165, 1.54) is 10.7 Å². The maximum Gasteiger partial charge on any atom is 0.417 e. The van der Waals surface area contributed by atoms with Crippen LogP contribution in [0.3, 0.4) is 0 Å². The second-order valence-corrected chi connectivity index (χ2v) is 4.51. The molecule has 2 aromatic heterocycles. The summed E-state index contributed by atoms with van der Waals surface area (Å²) < 4.78 is 39.0. The molecule has 0 radical (unpaired) electrons. The third kappa shape index (κ3) is 2.67. The van der Waals surface area contributed by atoms with Gasteiger partial charge in [-0.1, -0.05) is 0 Å². The Kier molecular flexibility index (Phi) is 3.80. The highest BCUT2D eigenvalue weighted by atomic mass is 19.4. The summed E-state index contributed by atoms with van der Waals surface area (Å²) in [7, 11) is 1.83. The first kappa shape index (κ1) is 14.5. The predicted molar refractivity (Wildman–Crippen MR) is 68.6 cm³/mol. The molecule has 1 atom stereocenters. The molecule has 2 heterocycles. The summed E-state index contributed by atoms with van der Waals surface area (Å²) in [6.07, 6.45) is -1.87. The van der Waals surface area contributed by atoms with Gasteiger partial charge in [0, 0.05) is 23.5 Å². The van der Waals surface area contributed by atoms with Crippen LogP contribution in [0.5, 0.6) is 0 Å². The van der Waals surface area contributed by atoms with E-state index >= 15 is 0 Å². The molecule has 0 saturated carbocycles. The summed E-state index contributed by atoms with van der Waals surface area (Å²) in [5.74, 6) is 0.366. The fourth-order valence-electron chi connectivity index (χ4n) is 1.91. The summed E-state index contributed by atoms with van der Waals surface area (Å²) in [5.41, 5.74) is 1.06. The first-order valence-corrected chi connectivity index (χ1v) is 6.10. The SMILES string of the molecule is CNC(C)c1cnn(-c2ccc(C(F)(F)F)cn2)c1C. The van der Waals surface area contributed by atoms with Gasteiger partial charge in [0.1, 0.15) is 0 Å². The third-order valence-corrected chi connectivity index (χ3v) is 3.24. The van der Waals surface area contributed by atoms with Gasteiger partial charge in [-0.3, -0.25) is 0 Å². The quantitative estimate of drug-likeness (QED) is 0.942. The molecule has 0 aliphatic rings. The minimum absolute atomic E-state index is 0.109. The van der Waals surface area contributed by atoms with Crippen molar-refractivity contribution in [3.63, 3.8) is 0 Å². The molecular formula is C13H15F3N4. The second kappa shape index (κ2) is 5.24. The van der Waals surface area contributed by atoms with E-state index in [0.717, 1.165) is 23.5 Å². The lowest BCUT2D eigenvalue weighted by Crippen LogP contribution is -2.13. The molecule has 7 heteroatoms. The first-order valence-electron chi connectivity index (χ1n) is 6.10. The molecular weight excluding hydrogens is 269 g/mol. The van der Waals surface area contributed by atoms with Crippen molar-refractivity contribution in [3.05, 3.63) is 41.3 Å². The van der Waals surface area contributed by atoms with Crippen molar-refractivity contribution in [2.24, 2.45) is 0 Å². The maximum absolute atomic E-state index is 12.5. The van der Waals surface area contributed by atoms with Crippen LogP contribution in [-0.2, 0) is 6.18 Å². The lowest BCUT2D eigenvalue weighted by atomic mass is 10.1. The van der Waals surface area contributed by atoms with E-state index in [1.807, 2.05) is 20.9 Å². The van der Waals surface area contributed by atoms with Gasteiger partial charge in [-0.25, -0.2) is 9.67 Å². The Morgan fingerprint density at radius 3 is 2.45 bits per heavy atom. The number of alkyl halides is 3. The summed E-state index contributed by atoms with van der Waals surface area (Å²) in [6, 6.07) is 2.43. The van der Waals surface area contributed by atoms with E-state index in [-0.39, 0.29) is 6.04 Å². The largest absolute Gasteiger partial charge is 0.417 e. The third-order valence-electron chi connectivity index (χ3n) is 3.24. The van der Waals surface area contributed by atoms with Crippen LogP contribution in [0.15, 0.2) is 24.5 Å². The standard InChI is InChI=1S/C13H15F3N4/c1-8(17-3)11-7-19-20(9(11)2)12-5-4-10(6-18-12)13(14,15)16/h4-8,17H,1-3H3. The molecule has 2 aromatic rings. The van der Waals surface area contributed by atoms with Crippen LogP contribution < -0.4 is 5.32 Å². The molecule has 0 aliphatic carbocycles. The van der Waals surface area contributed by atoms with Crippen molar-refractivity contribution in [3.8, 4) is 5.82 Å². The van der Waals surface area contributed by atoms with Gasteiger partial charge < -0.3 is 5.32 Å². The molecule has 0 aromatic carbocycles. The van der Waals surface area contributed by atoms with E-state index in [0.29, 0.717) is 5.82 Å². The zero-order valence-electron chi connectivity index (χ0n) is 11.4. The highest BCUT2D eigenvalue weighted by Crippen LogP contribution is 2.29. The monoisotopic (exact) mass is 284 g/mol. The van der Waals surface area contributed by atoms with Crippen LogP contribution in [0.1, 0.15) is 29.8 Å². The van der Waals surface area contributed by atoms with E-state index in [9.17, 15) is 13.2 Å². The number of nitrogens with zero attached hydrogens (tertiary/aromatic N) is 3. The van der Waals surface area contributed by atoms with Crippen molar-refractivity contribution in [1.29, 1.82) is 0 Å². The van der Waals surface area contributed by atoms with Crippen molar-refractivity contribution >= 4 is 0 Å². The van der Waals surface area contributed by atoms with Crippen LogP contribution in [0.4, 0.5) is 13.2 Å². The zero-order valence-corrected chi connectivity index (χ0v) is 11.4. The molecule has 0 amide bonds. The van der Waals surface area contributed by atoms with Gasteiger partial charge in [0.25, 0.3) is 0 Å². The van der Waals surface area contributed by atoms with E-state index in [2.05, 4.69) is 15.4 Å². The summed E-state index contributed by atoms with van der Waals surface area (Å²) in [5, 5.41) is 7.27. The molecule has 0 saturated heterocycles. The lowest BCUT2D eigenvalue weighted by Gasteiger charge is -2.11. The predicted octanol–water partition coefficient (Wildman–Crippen LogP) is 2.87. The minimum Gasteiger partial charge on any atom is -0.313 e.